The minimum absolute atomic E-state index is 0.0404. The number of hydrogen-bond donors (Lipinski definition) is 2. The summed E-state index contributed by atoms with van der Waals surface area (Å²) in [4.78, 5) is 24.5. The van der Waals surface area contributed by atoms with Gasteiger partial charge in [0.05, 0.1) is 10.8 Å². The number of nitro groups is 1. The zero-order valence-electron chi connectivity index (χ0n) is 11.6. The predicted molar refractivity (Wildman–Crippen MR) is 77.4 cm³/mol. The van der Waals surface area contributed by atoms with Crippen molar-refractivity contribution < 1.29 is 9.72 Å². The molecule has 2 fully saturated rings. The molecule has 0 radical (unpaired) electrons. The maximum Gasteiger partial charge on any atom is 0.292 e. The third-order valence-electron chi connectivity index (χ3n) is 4.46. The Bertz CT molecular complexity index is 590. The molecule has 0 aliphatic carbocycles. The van der Waals surface area contributed by atoms with Crippen LogP contribution in [0.3, 0.4) is 0 Å². The number of nitro benzene ring substituents is 1. The van der Waals surface area contributed by atoms with Gasteiger partial charge in [0.2, 0.25) is 5.91 Å². The fourth-order valence-electron chi connectivity index (χ4n) is 3.35. The van der Waals surface area contributed by atoms with E-state index in [0.29, 0.717) is 13.1 Å². The van der Waals surface area contributed by atoms with Crippen LogP contribution in [0.15, 0.2) is 18.2 Å². The molecule has 2 unspecified atom stereocenters. The lowest BCUT2D eigenvalue weighted by Crippen LogP contribution is -2.45. The lowest BCUT2D eigenvalue weighted by Gasteiger charge is -2.36. The molecule has 3 rings (SSSR count). The number of hydrogen-bond acceptors (Lipinski definition) is 5. The summed E-state index contributed by atoms with van der Waals surface area (Å²) in [5.41, 5.74) is 6.84. The van der Waals surface area contributed by atoms with Crippen molar-refractivity contribution in [1.82, 2.24) is 10.2 Å². The van der Waals surface area contributed by atoms with Crippen molar-refractivity contribution in [2.45, 2.75) is 25.4 Å². The molecule has 7 heteroatoms. The first kappa shape index (κ1) is 13.8. The van der Waals surface area contributed by atoms with E-state index in [0.717, 1.165) is 24.9 Å². The zero-order valence-corrected chi connectivity index (χ0v) is 11.6. The molecular formula is C14H18N4O3. The average Bonchev–Trinajstić information content (AvgIpc) is 2.84. The molecule has 1 amide bonds. The van der Waals surface area contributed by atoms with Crippen molar-refractivity contribution >= 4 is 17.3 Å². The Kier molecular flexibility index (Phi) is 3.50. The second-order valence-corrected chi connectivity index (χ2v) is 5.64. The number of nitrogen functional groups attached to an aromatic ring is 1. The second kappa shape index (κ2) is 5.33. The Hall–Kier alpha value is -2.15. The van der Waals surface area contributed by atoms with E-state index < -0.39 is 4.92 Å². The van der Waals surface area contributed by atoms with E-state index in [-0.39, 0.29) is 29.2 Å². The number of nitrogens with one attached hydrogen (secondary N) is 1. The molecular weight excluding hydrogens is 272 g/mol. The summed E-state index contributed by atoms with van der Waals surface area (Å²) in [5, 5.41) is 13.9. The molecule has 2 aliphatic rings. The fraction of sp³-hybridized carbons (Fsp3) is 0.500. The summed E-state index contributed by atoms with van der Waals surface area (Å²) in [7, 11) is 0. The number of fused-ring (bicyclic) bond motifs is 1. The molecule has 0 bridgehead atoms. The number of anilines is 1. The highest BCUT2D eigenvalue weighted by atomic mass is 16.6. The van der Waals surface area contributed by atoms with Gasteiger partial charge in [0, 0.05) is 25.2 Å². The van der Waals surface area contributed by atoms with E-state index in [1.54, 1.807) is 6.07 Å². The molecule has 3 N–H and O–H groups in total. The standard InChI is InChI=1S/C14H18N4O3/c15-13-9(3-1-5-11(13)18(20)21)8-17-6-2-4-10-12(17)7-16-14(10)19/h1,3,5,10,12H,2,4,6-8,15H2,(H,16,19). The van der Waals surface area contributed by atoms with Crippen LogP contribution < -0.4 is 11.1 Å². The third-order valence-corrected chi connectivity index (χ3v) is 4.46. The van der Waals surface area contributed by atoms with E-state index >= 15 is 0 Å². The molecule has 0 aromatic heterocycles. The van der Waals surface area contributed by atoms with Crippen molar-refractivity contribution in [2.24, 2.45) is 5.92 Å². The summed E-state index contributed by atoms with van der Waals surface area (Å²) in [6, 6.07) is 5.06. The third kappa shape index (κ3) is 2.44. The lowest BCUT2D eigenvalue weighted by molar-refractivity contribution is -0.384. The number of para-hydroxylation sites is 1. The summed E-state index contributed by atoms with van der Waals surface area (Å²) in [5.74, 6) is 0.162. The monoisotopic (exact) mass is 290 g/mol. The van der Waals surface area contributed by atoms with Crippen LogP contribution >= 0.6 is 0 Å². The fourth-order valence-corrected chi connectivity index (χ4v) is 3.35. The minimum Gasteiger partial charge on any atom is -0.393 e. The number of carbonyl (C=O) groups excluding carboxylic acids is 1. The van der Waals surface area contributed by atoms with E-state index in [1.807, 2.05) is 6.07 Å². The quantitative estimate of drug-likeness (QED) is 0.489. The van der Waals surface area contributed by atoms with Gasteiger partial charge in [-0.05, 0) is 24.9 Å². The van der Waals surface area contributed by atoms with Crippen LogP contribution in [0.25, 0.3) is 0 Å². The van der Waals surface area contributed by atoms with Crippen LogP contribution in [0.2, 0.25) is 0 Å². The molecule has 1 aromatic rings. The predicted octanol–water partition coefficient (Wildman–Crippen LogP) is 0.887. The first-order chi connectivity index (χ1) is 10.1. The van der Waals surface area contributed by atoms with Crippen molar-refractivity contribution in [1.29, 1.82) is 0 Å². The molecule has 0 spiro atoms. The highest BCUT2D eigenvalue weighted by Gasteiger charge is 2.40. The van der Waals surface area contributed by atoms with Gasteiger partial charge in [-0.2, -0.15) is 0 Å². The summed E-state index contributed by atoms with van der Waals surface area (Å²) >= 11 is 0. The Morgan fingerprint density at radius 2 is 2.29 bits per heavy atom. The summed E-state index contributed by atoms with van der Waals surface area (Å²) in [6.07, 6.45) is 1.88. The van der Waals surface area contributed by atoms with Crippen LogP contribution in [0.1, 0.15) is 18.4 Å². The van der Waals surface area contributed by atoms with Crippen LogP contribution in [0, 0.1) is 16.0 Å². The van der Waals surface area contributed by atoms with E-state index in [4.69, 9.17) is 5.73 Å². The molecule has 112 valence electrons. The molecule has 0 saturated carbocycles. The number of rotatable bonds is 3. The molecule has 2 aliphatic heterocycles. The van der Waals surface area contributed by atoms with Crippen molar-refractivity contribution in [3.05, 3.63) is 33.9 Å². The van der Waals surface area contributed by atoms with Gasteiger partial charge in [-0.25, -0.2) is 0 Å². The van der Waals surface area contributed by atoms with Gasteiger partial charge in [0.1, 0.15) is 5.69 Å². The highest BCUT2D eigenvalue weighted by molar-refractivity contribution is 5.82. The number of carbonyl (C=O) groups is 1. The smallest absolute Gasteiger partial charge is 0.292 e. The Morgan fingerprint density at radius 1 is 1.48 bits per heavy atom. The van der Waals surface area contributed by atoms with E-state index in [2.05, 4.69) is 10.2 Å². The van der Waals surface area contributed by atoms with Crippen molar-refractivity contribution in [3.63, 3.8) is 0 Å². The number of likely N-dealkylation sites (tertiary alicyclic amines) is 1. The number of benzene rings is 1. The minimum atomic E-state index is -0.460. The number of nitrogens with two attached hydrogens (primary N) is 1. The summed E-state index contributed by atoms with van der Waals surface area (Å²) < 4.78 is 0. The van der Waals surface area contributed by atoms with Crippen LogP contribution in [-0.2, 0) is 11.3 Å². The number of piperidine rings is 1. The molecule has 2 atom stereocenters. The maximum absolute atomic E-state index is 11.8. The largest absolute Gasteiger partial charge is 0.393 e. The molecule has 7 nitrogen and oxygen atoms in total. The van der Waals surface area contributed by atoms with Gasteiger partial charge in [-0.3, -0.25) is 19.8 Å². The average molecular weight is 290 g/mol. The zero-order chi connectivity index (χ0) is 15.0. The Balaban J connectivity index is 1.82. The molecule has 2 saturated heterocycles. The van der Waals surface area contributed by atoms with Gasteiger partial charge >= 0.3 is 0 Å². The molecule has 21 heavy (non-hydrogen) atoms. The van der Waals surface area contributed by atoms with Crippen LogP contribution in [0.5, 0.6) is 0 Å². The normalized spacial score (nSPS) is 25.4. The first-order valence-electron chi connectivity index (χ1n) is 7.11. The van der Waals surface area contributed by atoms with Gasteiger partial charge in [-0.1, -0.05) is 12.1 Å². The first-order valence-corrected chi connectivity index (χ1v) is 7.11. The topological polar surface area (TPSA) is 102 Å². The number of nitrogens with zero attached hydrogens (tertiary/aromatic N) is 2. The molecule has 1 aromatic carbocycles. The van der Waals surface area contributed by atoms with E-state index in [9.17, 15) is 14.9 Å². The maximum atomic E-state index is 11.8. The highest BCUT2D eigenvalue weighted by Crippen LogP contribution is 2.31. The van der Waals surface area contributed by atoms with Crippen LogP contribution in [0.4, 0.5) is 11.4 Å². The van der Waals surface area contributed by atoms with Gasteiger partial charge in [0.25, 0.3) is 5.69 Å². The van der Waals surface area contributed by atoms with Gasteiger partial charge < -0.3 is 11.1 Å². The number of amides is 1. The molecule has 2 heterocycles. The van der Waals surface area contributed by atoms with Crippen molar-refractivity contribution in [2.75, 3.05) is 18.8 Å². The van der Waals surface area contributed by atoms with Gasteiger partial charge in [0.15, 0.2) is 0 Å². The van der Waals surface area contributed by atoms with Crippen LogP contribution in [-0.4, -0.2) is 34.9 Å². The Labute approximate surface area is 122 Å². The lowest BCUT2D eigenvalue weighted by atomic mass is 9.91. The second-order valence-electron chi connectivity index (χ2n) is 5.64. The summed E-state index contributed by atoms with van der Waals surface area (Å²) in [6.45, 7) is 2.08. The SMILES string of the molecule is Nc1c(CN2CCCC3C(=O)NCC32)cccc1[N+](=O)[O-]. The Morgan fingerprint density at radius 3 is 3.05 bits per heavy atom. The van der Waals surface area contributed by atoms with Crippen molar-refractivity contribution in [3.8, 4) is 0 Å². The van der Waals surface area contributed by atoms with E-state index in [1.165, 1.54) is 6.07 Å². The van der Waals surface area contributed by atoms with Gasteiger partial charge in [-0.15, -0.1) is 0 Å².